The van der Waals surface area contributed by atoms with Crippen molar-refractivity contribution in [2.24, 2.45) is 35.1 Å². The molecule has 2 rings (SSSR count). The number of aliphatic hydroxyl groups is 2. The van der Waals surface area contributed by atoms with Crippen LogP contribution in [-0.2, 0) is 9.59 Å². The number of amides is 2. The molecule has 2 aliphatic rings. The average molecular weight is 473 g/mol. The summed E-state index contributed by atoms with van der Waals surface area (Å²) in [6.45, 7) is 11.8. The minimum atomic E-state index is -0.448. The number of carbonyl (C=O) groups excluding carboxylic acids is 2. The van der Waals surface area contributed by atoms with Crippen LogP contribution in [0.3, 0.4) is 0 Å². The number of nitrogens with one attached hydrogen (secondary N) is 2. The Hall–Kier alpha value is -1.22. The largest absolute Gasteiger partial charge is 0.393 e. The van der Waals surface area contributed by atoms with E-state index in [1.165, 1.54) is 0 Å². The van der Waals surface area contributed by atoms with Gasteiger partial charge in [-0.15, -0.1) is 0 Å². The summed E-state index contributed by atoms with van der Waals surface area (Å²) in [5.74, 6) is 0.780. The van der Waals surface area contributed by atoms with Crippen molar-refractivity contribution in [1.82, 2.24) is 10.6 Å². The zero-order valence-corrected chi connectivity index (χ0v) is 20.9. The highest BCUT2D eigenvalue weighted by molar-refractivity contribution is 5.82. The number of rotatable bonds is 6. The molecule has 33 heavy (non-hydrogen) atoms. The van der Waals surface area contributed by atoms with Crippen LogP contribution in [0.25, 0.3) is 0 Å². The molecule has 8 atom stereocenters. The molecule has 0 aromatic heterocycles. The van der Waals surface area contributed by atoms with E-state index in [0.717, 1.165) is 25.7 Å². The highest BCUT2D eigenvalue weighted by atomic mass is 16.3. The summed E-state index contributed by atoms with van der Waals surface area (Å²) in [5, 5.41) is 25.3. The lowest BCUT2D eigenvalue weighted by molar-refractivity contribution is -0.125. The first-order valence-corrected chi connectivity index (χ1v) is 12.3. The van der Waals surface area contributed by atoms with Crippen molar-refractivity contribution in [1.29, 1.82) is 0 Å². The predicted molar refractivity (Wildman–Crippen MR) is 134 cm³/mol. The van der Waals surface area contributed by atoms with Gasteiger partial charge in [0.25, 0.3) is 0 Å². The molecular formula is C25H52N4O4. The fourth-order valence-corrected chi connectivity index (χ4v) is 4.06. The molecule has 2 saturated carbocycles. The first-order chi connectivity index (χ1) is 14.8. The summed E-state index contributed by atoms with van der Waals surface area (Å²) in [4.78, 5) is 23.4. The van der Waals surface area contributed by atoms with Crippen LogP contribution < -0.4 is 22.1 Å². The van der Waals surface area contributed by atoms with Gasteiger partial charge in [0.2, 0.25) is 11.8 Å². The fraction of sp³-hybridized carbons (Fsp3) is 0.920. The van der Waals surface area contributed by atoms with Crippen LogP contribution in [0.5, 0.6) is 0 Å². The van der Waals surface area contributed by atoms with E-state index < -0.39 is 12.1 Å². The van der Waals surface area contributed by atoms with Crippen LogP contribution in [0.15, 0.2) is 0 Å². The molecule has 196 valence electrons. The van der Waals surface area contributed by atoms with Gasteiger partial charge >= 0.3 is 0 Å². The molecule has 8 nitrogen and oxygen atoms in total. The molecule has 0 heterocycles. The third-order valence-corrected chi connectivity index (χ3v) is 7.04. The van der Waals surface area contributed by atoms with Gasteiger partial charge in [-0.2, -0.15) is 0 Å². The van der Waals surface area contributed by atoms with Crippen molar-refractivity contribution in [3.63, 3.8) is 0 Å². The molecule has 8 N–H and O–H groups in total. The van der Waals surface area contributed by atoms with Crippen molar-refractivity contribution < 1.29 is 19.8 Å². The van der Waals surface area contributed by atoms with E-state index in [9.17, 15) is 19.8 Å². The molecule has 8 heteroatoms. The second kappa shape index (κ2) is 14.9. The van der Waals surface area contributed by atoms with E-state index in [1.54, 1.807) is 0 Å². The van der Waals surface area contributed by atoms with E-state index in [0.29, 0.717) is 24.7 Å². The highest BCUT2D eigenvalue weighted by Gasteiger charge is 2.29. The molecule has 2 amide bonds. The Balaban J connectivity index is 0.000000602. The number of nitrogens with two attached hydrogens (primary N) is 2. The van der Waals surface area contributed by atoms with Gasteiger partial charge in [-0.3, -0.25) is 9.59 Å². The summed E-state index contributed by atoms with van der Waals surface area (Å²) in [6.07, 6.45) is 4.51. The number of hydrogen-bond donors (Lipinski definition) is 6. The van der Waals surface area contributed by atoms with Gasteiger partial charge in [-0.05, 0) is 62.2 Å². The fourth-order valence-electron chi connectivity index (χ4n) is 4.06. The molecule has 0 aromatic rings. The first kappa shape index (κ1) is 31.8. The molecule has 0 bridgehead atoms. The van der Waals surface area contributed by atoms with Crippen LogP contribution in [-0.4, -0.2) is 58.4 Å². The lowest BCUT2D eigenvalue weighted by Crippen LogP contribution is -2.50. The lowest BCUT2D eigenvalue weighted by atomic mass is 9.84. The molecule has 0 unspecified atom stereocenters. The Morgan fingerprint density at radius 3 is 1.27 bits per heavy atom. The van der Waals surface area contributed by atoms with E-state index in [4.69, 9.17) is 11.5 Å². The summed E-state index contributed by atoms with van der Waals surface area (Å²) in [5.41, 5.74) is 11.5. The monoisotopic (exact) mass is 472 g/mol. The third kappa shape index (κ3) is 10.7. The van der Waals surface area contributed by atoms with E-state index in [1.807, 2.05) is 41.5 Å². The second-order valence-corrected chi connectivity index (χ2v) is 10.7. The summed E-state index contributed by atoms with van der Waals surface area (Å²) >= 11 is 0. The van der Waals surface area contributed by atoms with E-state index in [-0.39, 0.29) is 55.4 Å². The van der Waals surface area contributed by atoms with Crippen LogP contribution in [0.4, 0.5) is 0 Å². The zero-order chi connectivity index (χ0) is 24.6. The molecule has 0 aliphatic heterocycles. The Labute approximate surface area is 201 Å². The van der Waals surface area contributed by atoms with Crippen molar-refractivity contribution >= 4 is 11.8 Å². The summed E-state index contributed by atoms with van der Waals surface area (Å²) < 4.78 is 0. The third-order valence-electron chi connectivity index (χ3n) is 7.04. The van der Waals surface area contributed by atoms with Gasteiger partial charge < -0.3 is 32.3 Å². The molecule has 0 spiro atoms. The number of hydrogen-bond acceptors (Lipinski definition) is 6. The van der Waals surface area contributed by atoms with E-state index in [2.05, 4.69) is 10.6 Å². The summed E-state index contributed by atoms with van der Waals surface area (Å²) in [7, 11) is 0. The average Bonchev–Trinajstić information content (AvgIpc) is 2.72. The van der Waals surface area contributed by atoms with Gasteiger partial charge in [-0.25, -0.2) is 0 Å². The standard InChI is InChI=1S/2C12H24N2O2.CH4/c2*1-7(2)11(13)12(16)14-9-5-4-8(3)10(15)6-9;/h2*7-11,15H,4-6,13H2,1-3H3,(H,14,16);1H4/t8-,9-,10-,11+;8-,9-,10-,11-;/m10./s1. The Morgan fingerprint density at radius 2 is 1.03 bits per heavy atom. The smallest absolute Gasteiger partial charge is 0.237 e. The topological polar surface area (TPSA) is 151 Å². The van der Waals surface area contributed by atoms with Crippen LogP contribution >= 0.6 is 0 Å². The van der Waals surface area contributed by atoms with Crippen molar-refractivity contribution in [2.75, 3.05) is 0 Å². The first-order valence-electron chi connectivity index (χ1n) is 12.3. The molecule has 0 aromatic carbocycles. The van der Waals surface area contributed by atoms with Gasteiger partial charge in [-0.1, -0.05) is 49.0 Å². The Bertz CT molecular complexity index is 537. The minimum absolute atomic E-state index is 0. The van der Waals surface area contributed by atoms with Crippen LogP contribution in [0.1, 0.15) is 87.5 Å². The molecule has 0 radical (unpaired) electrons. The maximum atomic E-state index is 11.7. The Morgan fingerprint density at radius 1 is 0.727 bits per heavy atom. The van der Waals surface area contributed by atoms with Crippen LogP contribution in [0.2, 0.25) is 0 Å². The van der Waals surface area contributed by atoms with E-state index >= 15 is 0 Å². The molecule has 2 fully saturated rings. The van der Waals surface area contributed by atoms with Crippen LogP contribution in [0, 0.1) is 23.7 Å². The SMILES string of the molecule is C.CC(C)[C@H](N)C(=O)N[C@@H]1CC[C@@H](C)[C@H](O)C1.CC(C)[C@H](N)C(=O)N[C@H]1CC[C@H](C)[C@@H](O)C1. The van der Waals surface area contributed by atoms with Crippen molar-refractivity contribution in [3.05, 3.63) is 0 Å². The van der Waals surface area contributed by atoms with Crippen molar-refractivity contribution in [2.45, 2.75) is 124 Å². The number of carbonyl (C=O) groups is 2. The van der Waals surface area contributed by atoms with Gasteiger partial charge in [0.15, 0.2) is 0 Å². The maximum absolute atomic E-state index is 11.7. The Kier molecular flexibility index (Phi) is 14.4. The predicted octanol–water partition coefficient (Wildman–Crippen LogP) is 1.91. The van der Waals surface area contributed by atoms with Gasteiger partial charge in [0, 0.05) is 12.1 Å². The summed E-state index contributed by atoms with van der Waals surface area (Å²) in [6, 6.07) is -0.722. The maximum Gasteiger partial charge on any atom is 0.237 e. The number of aliphatic hydroxyl groups excluding tert-OH is 2. The lowest BCUT2D eigenvalue weighted by Gasteiger charge is -2.32. The normalized spacial score (nSPS) is 31.5. The van der Waals surface area contributed by atoms with Crippen molar-refractivity contribution in [3.8, 4) is 0 Å². The quantitative estimate of drug-likeness (QED) is 0.347. The second-order valence-electron chi connectivity index (χ2n) is 10.7. The molecule has 2 aliphatic carbocycles. The van der Waals surface area contributed by atoms with Gasteiger partial charge in [0.05, 0.1) is 24.3 Å². The minimum Gasteiger partial charge on any atom is -0.393 e. The van der Waals surface area contributed by atoms with Gasteiger partial charge in [0.1, 0.15) is 0 Å². The highest BCUT2D eigenvalue weighted by Crippen LogP contribution is 2.25. The molecular weight excluding hydrogens is 420 g/mol. The molecule has 0 saturated heterocycles. The zero-order valence-electron chi connectivity index (χ0n) is 20.9.